The number of hydrogen-bond acceptors (Lipinski definition) is 3. The summed E-state index contributed by atoms with van der Waals surface area (Å²) in [5, 5.41) is 6.87. The number of nitrogens with one attached hydrogen (secondary N) is 1. The fourth-order valence-electron chi connectivity index (χ4n) is 2.23. The van der Waals surface area contributed by atoms with Crippen LogP contribution in [0.5, 0.6) is 0 Å². The Labute approximate surface area is 131 Å². The van der Waals surface area contributed by atoms with Gasteiger partial charge in [0, 0.05) is 25.1 Å². The first-order valence-electron chi connectivity index (χ1n) is 7.35. The van der Waals surface area contributed by atoms with Crippen molar-refractivity contribution in [2.45, 2.75) is 32.7 Å². The molecule has 1 aromatic heterocycles. The fraction of sp³-hybridized carbons (Fsp3) is 0.412. The van der Waals surface area contributed by atoms with Gasteiger partial charge in [-0.3, -0.25) is 0 Å². The zero-order chi connectivity index (χ0) is 16.2. The maximum Gasteiger partial charge on any atom is 0.317 e. The first kappa shape index (κ1) is 16.1. The molecule has 0 aliphatic heterocycles. The van der Waals surface area contributed by atoms with E-state index in [1.165, 1.54) is 5.56 Å². The summed E-state index contributed by atoms with van der Waals surface area (Å²) in [6.07, 6.45) is 0. The van der Waals surface area contributed by atoms with E-state index in [1.807, 2.05) is 31.2 Å². The van der Waals surface area contributed by atoms with Crippen LogP contribution in [0.15, 0.2) is 40.9 Å². The maximum atomic E-state index is 12.2. The van der Waals surface area contributed by atoms with Gasteiger partial charge >= 0.3 is 6.03 Å². The highest BCUT2D eigenvalue weighted by molar-refractivity contribution is 5.73. The molecule has 5 nitrogen and oxygen atoms in total. The van der Waals surface area contributed by atoms with Gasteiger partial charge in [-0.2, -0.15) is 0 Å². The van der Waals surface area contributed by atoms with E-state index < -0.39 is 0 Å². The first-order valence-corrected chi connectivity index (χ1v) is 7.35. The normalized spacial score (nSPS) is 11.3. The van der Waals surface area contributed by atoms with Crippen LogP contribution < -0.4 is 5.32 Å². The fourth-order valence-corrected chi connectivity index (χ4v) is 2.23. The second-order valence-corrected chi connectivity index (χ2v) is 6.19. The second-order valence-electron chi connectivity index (χ2n) is 6.19. The number of hydrogen-bond donors (Lipinski definition) is 1. The standard InChI is InChI=1S/C17H23N3O2/c1-13-10-15(19-22-13)11-20(4)16(21)18-12-17(2,3)14-8-6-5-7-9-14/h5-10H,11-12H2,1-4H3,(H,18,21). The predicted molar refractivity (Wildman–Crippen MR) is 85.6 cm³/mol. The van der Waals surface area contributed by atoms with Crippen LogP contribution in [0.1, 0.15) is 30.9 Å². The lowest BCUT2D eigenvalue weighted by Crippen LogP contribution is -2.42. The summed E-state index contributed by atoms with van der Waals surface area (Å²) in [7, 11) is 1.74. The van der Waals surface area contributed by atoms with E-state index in [-0.39, 0.29) is 11.4 Å². The summed E-state index contributed by atoms with van der Waals surface area (Å²) in [6, 6.07) is 11.9. The maximum absolute atomic E-state index is 12.2. The van der Waals surface area contributed by atoms with Crippen LogP contribution in [0.2, 0.25) is 0 Å². The minimum absolute atomic E-state index is 0.121. The van der Waals surface area contributed by atoms with E-state index in [9.17, 15) is 4.79 Å². The molecule has 0 fully saturated rings. The Kier molecular flexibility index (Phi) is 4.85. The molecular formula is C17H23N3O2. The summed E-state index contributed by atoms with van der Waals surface area (Å²) in [5.41, 5.74) is 1.82. The Morgan fingerprint density at radius 3 is 2.59 bits per heavy atom. The number of amides is 2. The molecule has 0 bridgehead atoms. The largest absolute Gasteiger partial charge is 0.361 e. The van der Waals surface area contributed by atoms with E-state index >= 15 is 0 Å². The van der Waals surface area contributed by atoms with Gasteiger partial charge in [0.1, 0.15) is 11.5 Å². The van der Waals surface area contributed by atoms with Gasteiger partial charge in [0.05, 0.1) is 6.54 Å². The van der Waals surface area contributed by atoms with Gasteiger partial charge in [0.15, 0.2) is 0 Å². The van der Waals surface area contributed by atoms with Crippen LogP contribution in [0.25, 0.3) is 0 Å². The molecule has 0 aliphatic rings. The van der Waals surface area contributed by atoms with Crippen LogP contribution in [0.4, 0.5) is 4.79 Å². The smallest absolute Gasteiger partial charge is 0.317 e. The molecule has 2 aromatic rings. The van der Waals surface area contributed by atoms with Crippen molar-refractivity contribution in [3.8, 4) is 0 Å². The summed E-state index contributed by atoms with van der Waals surface area (Å²) in [5.74, 6) is 0.744. The third-order valence-electron chi connectivity index (χ3n) is 3.66. The van der Waals surface area contributed by atoms with E-state index in [0.29, 0.717) is 13.1 Å². The third-order valence-corrected chi connectivity index (χ3v) is 3.66. The van der Waals surface area contributed by atoms with Crippen molar-refractivity contribution in [2.75, 3.05) is 13.6 Å². The van der Waals surface area contributed by atoms with Crippen molar-refractivity contribution in [1.82, 2.24) is 15.4 Å². The van der Waals surface area contributed by atoms with E-state index in [2.05, 4.69) is 36.5 Å². The molecule has 5 heteroatoms. The summed E-state index contributed by atoms with van der Waals surface area (Å²) in [4.78, 5) is 13.8. The number of carbonyl (C=O) groups excluding carboxylic acids is 1. The molecule has 0 atom stereocenters. The van der Waals surface area contributed by atoms with Crippen LogP contribution in [-0.2, 0) is 12.0 Å². The number of carbonyl (C=O) groups is 1. The zero-order valence-corrected chi connectivity index (χ0v) is 13.6. The number of urea groups is 1. The van der Waals surface area contributed by atoms with Gasteiger partial charge in [-0.05, 0) is 12.5 Å². The van der Waals surface area contributed by atoms with Crippen molar-refractivity contribution >= 4 is 6.03 Å². The van der Waals surface area contributed by atoms with Crippen molar-refractivity contribution in [3.63, 3.8) is 0 Å². The van der Waals surface area contributed by atoms with Crippen LogP contribution in [0, 0.1) is 6.92 Å². The SMILES string of the molecule is Cc1cc(CN(C)C(=O)NCC(C)(C)c2ccccc2)no1. The lowest BCUT2D eigenvalue weighted by Gasteiger charge is -2.27. The number of nitrogens with zero attached hydrogens (tertiary/aromatic N) is 2. The Balaban J connectivity index is 1.89. The molecule has 1 aromatic carbocycles. The molecule has 0 aliphatic carbocycles. The molecule has 0 saturated heterocycles. The third kappa shape index (κ3) is 4.10. The number of aryl methyl sites for hydroxylation is 1. The Bertz CT molecular complexity index is 620. The minimum Gasteiger partial charge on any atom is -0.361 e. The van der Waals surface area contributed by atoms with Gasteiger partial charge in [0.2, 0.25) is 0 Å². The highest BCUT2D eigenvalue weighted by Crippen LogP contribution is 2.21. The second kappa shape index (κ2) is 6.64. The summed E-state index contributed by atoms with van der Waals surface area (Å²) in [6.45, 7) is 7.05. The van der Waals surface area contributed by atoms with Crippen molar-refractivity contribution in [2.24, 2.45) is 0 Å². The molecule has 0 spiro atoms. The molecule has 1 N–H and O–H groups in total. The monoisotopic (exact) mass is 301 g/mol. The molecule has 2 rings (SSSR count). The first-order chi connectivity index (χ1) is 10.4. The van der Waals surface area contributed by atoms with Crippen molar-refractivity contribution in [1.29, 1.82) is 0 Å². The number of aromatic nitrogens is 1. The average Bonchev–Trinajstić information content (AvgIpc) is 2.91. The minimum atomic E-state index is -0.123. The predicted octanol–water partition coefficient (Wildman–Crippen LogP) is 3.10. The molecule has 0 saturated carbocycles. The van der Waals surface area contributed by atoms with E-state index in [0.717, 1.165) is 11.5 Å². The molecule has 0 unspecified atom stereocenters. The molecule has 22 heavy (non-hydrogen) atoms. The molecule has 1 heterocycles. The summed E-state index contributed by atoms with van der Waals surface area (Å²) < 4.78 is 5.01. The van der Waals surface area contributed by atoms with Gasteiger partial charge in [-0.1, -0.05) is 49.3 Å². The van der Waals surface area contributed by atoms with Gasteiger partial charge in [-0.25, -0.2) is 4.79 Å². The van der Waals surface area contributed by atoms with Crippen LogP contribution in [0.3, 0.4) is 0 Å². The molecular weight excluding hydrogens is 278 g/mol. The van der Waals surface area contributed by atoms with Crippen LogP contribution in [-0.4, -0.2) is 29.7 Å². The quantitative estimate of drug-likeness (QED) is 0.923. The topological polar surface area (TPSA) is 58.4 Å². The van der Waals surface area contributed by atoms with Crippen molar-refractivity contribution < 1.29 is 9.32 Å². The number of benzene rings is 1. The molecule has 2 amide bonds. The average molecular weight is 301 g/mol. The molecule has 118 valence electrons. The van der Waals surface area contributed by atoms with E-state index in [4.69, 9.17) is 4.52 Å². The zero-order valence-electron chi connectivity index (χ0n) is 13.6. The molecule has 0 radical (unpaired) electrons. The van der Waals surface area contributed by atoms with Gasteiger partial charge in [-0.15, -0.1) is 0 Å². The Morgan fingerprint density at radius 1 is 1.32 bits per heavy atom. The summed E-state index contributed by atoms with van der Waals surface area (Å²) >= 11 is 0. The van der Waals surface area contributed by atoms with Gasteiger partial charge in [0.25, 0.3) is 0 Å². The van der Waals surface area contributed by atoms with Crippen LogP contribution >= 0.6 is 0 Å². The van der Waals surface area contributed by atoms with E-state index in [1.54, 1.807) is 11.9 Å². The lowest BCUT2D eigenvalue weighted by molar-refractivity contribution is 0.203. The Morgan fingerprint density at radius 2 is 2.00 bits per heavy atom. The number of rotatable bonds is 5. The highest BCUT2D eigenvalue weighted by Gasteiger charge is 2.22. The Hall–Kier alpha value is -2.30. The van der Waals surface area contributed by atoms with Crippen molar-refractivity contribution in [3.05, 3.63) is 53.4 Å². The lowest BCUT2D eigenvalue weighted by atomic mass is 9.85. The highest BCUT2D eigenvalue weighted by atomic mass is 16.5. The van der Waals surface area contributed by atoms with Gasteiger partial charge < -0.3 is 14.7 Å².